The van der Waals surface area contributed by atoms with Gasteiger partial charge in [0.2, 0.25) is 0 Å². The Morgan fingerprint density at radius 3 is 1.70 bits per heavy atom. The molecular formula is C5H12I3OZr. The molecular weight excluding hydrogens is 548 g/mol. The van der Waals surface area contributed by atoms with E-state index in [1.807, 2.05) is 0 Å². The molecule has 0 saturated heterocycles. The van der Waals surface area contributed by atoms with Gasteiger partial charge in [-0.05, 0) is 6.42 Å². The Balaban J connectivity index is 0. The molecule has 0 aliphatic rings. The minimum atomic E-state index is -0.633. The maximum absolute atomic E-state index is 8.20. The SMILES string of the molecule is CCCCCO.[I][Zr]([I])[I]. The van der Waals surface area contributed by atoms with Crippen LogP contribution in [0.15, 0.2) is 0 Å². The van der Waals surface area contributed by atoms with Crippen LogP contribution in [0.25, 0.3) is 0 Å². The summed E-state index contributed by atoms with van der Waals surface area (Å²) in [5.41, 5.74) is 0. The molecule has 0 fully saturated rings. The van der Waals surface area contributed by atoms with Crippen molar-refractivity contribution in [3.05, 3.63) is 0 Å². The van der Waals surface area contributed by atoms with Crippen molar-refractivity contribution in [3.8, 4) is 0 Å². The van der Waals surface area contributed by atoms with E-state index in [0.717, 1.165) is 12.8 Å². The van der Waals surface area contributed by atoms with Gasteiger partial charge in [0.15, 0.2) is 0 Å². The molecule has 0 aromatic heterocycles. The van der Waals surface area contributed by atoms with Crippen molar-refractivity contribution in [3.63, 3.8) is 0 Å². The van der Waals surface area contributed by atoms with Gasteiger partial charge < -0.3 is 5.11 Å². The molecule has 0 radical (unpaired) electrons. The summed E-state index contributed by atoms with van der Waals surface area (Å²) < 4.78 is 0. The van der Waals surface area contributed by atoms with E-state index in [4.69, 9.17) is 5.11 Å². The molecule has 0 aromatic rings. The summed E-state index contributed by atoms with van der Waals surface area (Å²) in [6.07, 6.45) is 3.33. The second-order valence-electron chi connectivity index (χ2n) is 1.64. The fourth-order valence-electron chi connectivity index (χ4n) is 0.362. The van der Waals surface area contributed by atoms with E-state index < -0.39 is 9.18 Å². The van der Waals surface area contributed by atoms with Crippen molar-refractivity contribution < 1.29 is 14.3 Å². The number of hydrogen-bond donors (Lipinski definition) is 1. The number of aliphatic hydroxyl groups excluding tert-OH is 1. The fourth-order valence-corrected chi connectivity index (χ4v) is 0.362. The van der Waals surface area contributed by atoms with Gasteiger partial charge in [0, 0.05) is 6.61 Å². The number of unbranched alkanes of at least 4 members (excludes halogenated alkanes) is 2. The van der Waals surface area contributed by atoms with Crippen LogP contribution >= 0.6 is 54.1 Å². The summed E-state index contributed by atoms with van der Waals surface area (Å²) in [6.45, 7) is 2.48. The van der Waals surface area contributed by atoms with Gasteiger partial charge in [0.05, 0.1) is 0 Å². The van der Waals surface area contributed by atoms with Gasteiger partial charge in [-0.2, -0.15) is 0 Å². The molecule has 0 saturated carbocycles. The summed E-state index contributed by atoms with van der Waals surface area (Å²) in [6, 6.07) is 0. The van der Waals surface area contributed by atoms with Gasteiger partial charge in [-0.3, -0.25) is 0 Å². The zero-order chi connectivity index (χ0) is 8.41. The molecule has 0 spiro atoms. The average Bonchev–Trinajstić information content (AvgIpc) is 1.82. The number of aliphatic hydroxyl groups is 1. The normalized spacial score (nSPS) is 8.10. The first-order valence-corrected chi connectivity index (χ1v) is 25.0. The number of halogens is 3. The molecule has 0 unspecified atom stereocenters. The van der Waals surface area contributed by atoms with Crippen molar-refractivity contribution >= 4 is 54.1 Å². The third-order valence-corrected chi connectivity index (χ3v) is 0.762. The van der Waals surface area contributed by atoms with Crippen LogP contribution < -0.4 is 0 Å². The Hall–Kier alpha value is 3.03. The monoisotopic (exact) mass is 559 g/mol. The predicted octanol–water partition coefficient (Wildman–Crippen LogP) is 3.82. The van der Waals surface area contributed by atoms with Crippen LogP contribution in [0.2, 0.25) is 0 Å². The number of rotatable bonds is 3. The molecule has 1 nitrogen and oxygen atoms in total. The molecule has 10 heavy (non-hydrogen) atoms. The van der Waals surface area contributed by atoms with Crippen LogP contribution in [-0.2, 0) is 9.18 Å². The van der Waals surface area contributed by atoms with E-state index in [9.17, 15) is 0 Å². The molecule has 0 atom stereocenters. The molecule has 0 amide bonds. The third-order valence-electron chi connectivity index (χ3n) is 0.762. The topological polar surface area (TPSA) is 20.2 Å². The molecule has 0 heterocycles. The third kappa shape index (κ3) is 30.5. The Bertz CT molecular complexity index is 47.4. The van der Waals surface area contributed by atoms with Gasteiger partial charge in [0.25, 0.3) is 0 Å². The van der Waals surface area contributed by atoms with E-state index in [-0.39, 0.29) is 0 Å². The van der Waals surface area contributed by atoms with Gasteiger partial charge in [-0.1, -0.05) is 19.8 Å². The second-order valence-corrected chi connectivity index (χ2v) is 58.5. The Labute approximate surface area is 98.9 Å². The first-order valence-electron chi connectivity index (χ1n) is 3.09. The second kappa shape index (κ2) is 14.6. The summed E-state index contributed by atoms with van der Waals surface area (Å²) >= 11 is 7.54. The molecule has 0 aliphatic heterocycles. The van der Waals surface area contributed by atoms with Crippen molar-refractivity contribution in [1.82, 2.24) is 0 Å². The van der Waals surface area contributed by atoms with Crippen molar-refractivity contribution in [2.45, 2.75) is 26.2 Å². The Morgan fingerprint density at radius 1 is 1.20 bits per heavy atom. The zero-order valence-electron chi connectivity index (χ0n) is 5.91. The van der Waals surface area contributed by atoms with Gasteiger partial charge in [0.1, 0.15) is 0 Å². The van der Waals surface area contributed by atoms with Crippen LogP contribution in [0.1, 0.15) is 26.2 Å². The van der Waals surface area contributed by atoms with Gasteiger partial charge in [-0.25, -0.2) is 0 Å². The van der Waals surface area contributed by atoms with Crippen LogP contribution in [-0.4, -0.2) is 11.7 Å². The fraction of sp³-hybridized carbons (Fsp3) is 1.00. The van der Waals surface area contributed by atoms with E-state index in [2.05, 4.69) is 61.1 Å². The van der Waals surface area contributed by atoms with E-state index in [1.54, 1.807) is 0 Å². The zero-order valence-corrected chi connectivity index (χ0v) is 14.8. The van der Waals surface area contributed by atoms with Crippen LogP contribution in [0.5, 0.6) is 0 Å². The predicted molar refractivity (Wildman–Crippen MR) is 68.7 cm³/mol. The molecule has 0 aliphatic carbocycles. The Kier molecular flexibility index (Phi) is 22.6. The molecule has 0 bridgehead atoms. The Morgan fingerprint density at radius 2 is 1.60 bits per heavy atom. The van der Waals surface area contributed by atoms with E-state index >= 15 is 0 Å². The molecule has 1 N–H and O–H groups in total. The van der Waals surface area contributed by atoms with E-state index in [1.165, 1.54) is 6.42 Å². The summed E-state index contributed by atoms with van der Waals surface area (Å²) in [5, 5.41) is 8.20. The quantitative estimate of drug-likeness (QED) is 0.412. The summed E-state index contributed by atoms with van der Waals surface area (Å²) in [7, 11) is -0.633. The maximum atomic E-state index is 8.20. The molecule has 0 aromatic carbocycles. The summed E-state index contributed by atoms with van der Waals surface area (Å²) in [5.74, 6) is 0. The molecule has 5 heteroatoms. The van der Waals surface area contributed by atoms with Crippen molar-refractivity contribution in [1.29, 1.82) is 0 Å². The minimum absolute atomic E-state index is 0.355. The molecule has 63 valence electrons. The standard InChI is InChI=1S/C5H12O.3HI.Zr/c1-2-3-4-5-6;;;;/h6H,2-5H2,1H3;3*1H;/q;;;;+3/p-3. The van der Waals surface area contributed by atoms with Crippen molar-refractivity contribution in [2.24, 2.45) is 0 Å². The first-order chi connectivity index (χ1) is 4.65. The number of hydrogen-bond acceptors (Lipinski definition) is 1. The van der Waals surface area contributed by atoms with Crippen molar-refractivity contribution in [2.75, 3.05) is 6.61 Å². The van der Waals surface area contributed by atoms with E-state index in [0.29, 0.717) is 6.61 Å². The average molecular weight is 560 g/mol. The van der Waals surface area contributed by atoms with Crippen LogP contribution in [0, 0.1) is 0 Å². The van der Waals surface area contributed by atoms with Gasteiger partial charge >= 0.3 is 63.3 Å². The van der Waals surface area contributed by atoms with Crippen LogP contribution in [0.4, 0.5) is 0 Å². The van der Waals surface area contributed by atoms with Gasteiger partial charge in [-0.15, -0.1) is 0 Å². The molecule has 0 rings (SSSR count). The van der Waals surface area contributed by atoms with Crippen LogP contribution in [0.3, 0.4) is 0 Å². The summed E-state index contributed by atoms with van der Waals surface area (Å²) in [4.78, 5) is 0. The first kappa shape index (κ1) is 15.5.